The van der Waals surface area contributed by atoms with Crippen LogP contribution < -0.4 is 8.85 Å². The molecule has 0 atom stereocenters. The number of hydrogen-bond donors (Lipinski definition) is 2. The zero-order valence-corrected chi connectivity index (χ0v) is 8.06. The molecule has 0 aliphatic rings. The molecule has 0 aliphatic carbocycles. The lowest BCUT2D eigenvalue weighted by Crippen LogP contribution is -2.20. The molecule has 0 heterocycles. The zero-order chi connectivity index (χ0) is 8.69. The SMILES string of the molecule is CC(=O)NCC#CC(=O)NI. The van der Waals surface area contributed by atoms with Crippen LogP contribution >= 0.6 is 22.9 Å². The third-order valence-corrected chi connectivity index (χ3v) is 1.20. The molecule has 0 aliphatic heterocycles. The Bertz CT molecular complexity index is 216. The first-order valence-corrected chi connectivity index (χ1v) is 3.88. The number of amides is 2. The Kier molecular flexibility index (Phi) is 5.56. The van der Waals surface area contributed by atoms with Crippen LogP contribution in [0.1, 0.15) is 6.92 Å². The third kappa shape index (κ3) is 7.12. The number of carbonyl (C=O) groups is 2. The molecule has 60 valence electrons. The van der Waals surface area contributed by atoms with E-state index in [-0.39, 0.29) is 18.4 Å². The van der Waals surface area contributed by atoms with Crippen LogP contribution in [0.15, 0.2) is 0 Å². The van der Waals surface area contributed by atoms with Gasteiger partial charge < -0.3 is 5.32 Å². The molecule has 2 amide bonds. The summed E-state index contributed by atoms with van der Waals surface area (Å²) in [7, 11) is 0. The first-order valence-electron chi connectivity index (χ1n) is 2.80. The van der Waals surface area contributed by atoms with Crippen molar-refractivity contribution in [2.75, 3.05) is 6.54 Å². The fraction of sp³-hybridized carbons (Fsp3) is 0.333. The molecular formula is C6H7IN2O2. The molecular weight excluding hydrogens is 259 g/mol. The summed E-state index contributed by atoms with van der Waals surface area (Å²) in [5, 5.41) is 2.43. The van der Waals surface area contributed by atoms with Crippen molar-refractivity contribution in [1.82, 2.24) is 8.85 Å². The van der Waals surface area contributed by atoms with Gasteiger partial charge in [-0.2, -0.15) is 0 Å². The second-order valence-electron chi connectivity index (χ2n) is 1.64. The summed E-state index contributed by atoms with van der Waals surface area (Å²) in [5.74, 6) is 4.21. The highest BCUT2D eigenvalue weighted by molar-refractivity contribution is 14.1. The maximum Gasteiger partial charge on any atom is 0.304 e. The Labute approximate surface area is 78.6 Å². The van der Waals surface area contributed by atoms with Gasteiger partial charge in [0.2, 0.25) is 5.91 Å². The van der Waals surface area contributed by atoms with Crippen LogP contribution in [-0.4, -0.2) is 18.4 Å². The van der Waals surface area contributed by atoms with Crippen molar-refractivity contribution in [1.29, 1.82) is 0 Å². The Morgan fingerprint density at radius 2 is 2.18 bits per heavy atom. The standard InChI is InChI=1S/C6H7IN2O2/c1-5(10)8-4-2-3-6(11)9-7/h4H2,1H3,(H,8,10)(H,9,11). The fourth-order valence-corrected chi connectivity index (χ4v) is 0.452. The van der Waals surface area contributed by atoms with E-state index in [1.54, 1.807) is 22.9 Å². The number of nitrogens with one attached hydrogen (secondary N) is 2. The van der Waals surface area contributed by atoms with Crippen LogP contribution in [0.4, 0.5) is 0 Å². The average molecular weight is 266 g/mol. The van der Waals surface area contributed by atoms with Gasteiger partial charge in [-0.1, -0.05) is 5.92 Å². The van der Waals surface area contributed by atoms with E-state index in [9.17, 15) is 9.59 Å². The van der Waals surface area contributed by atoms with Crippen molar-refractivity contribution in [2.24, 2.45) is 0 Å². The predicted molar refractivity (Wildman–Crippen MR) is 48.6 cm³/mol. The highest BCUT2D eigenvalue weighted by Gasteiger charge is 1.87. The maximum atomic E-state index is 10.5. The molecule has 0 unspecified atom stereocenters. The molecule has 0 aromatic carbocycles. The van der Waals surface area contributed by atoms with Crippen molar-refractivity contribution >= 4 is 34.7 Å². The Hall–Kier alpha value is -0.770. The van der Waals surface area contributed by atoms with Crippen molar-refractivity contribution in [3.63, 3.8) is 0 Å². The smallest absolute Gasteiger partial charge is 0.304 e. The van der Waals surface area contributed by atoms with Gasteiger partial charge in [0.05, 0.1) is 29.4 Å². The first-order chi connectivity index (χ1) is 5.16. The molecule has 11 heavy (non-hydrogen) atoms. The van der Waals surface area contributed by atoms with Gasteiger partial charge in [0.1, 0.15) is 0 Å². The molecule has 5 heteroatoms. The Morgan fingerprint density at radius 1 is 1.55 bits per heavy atom. The van der Waals surface area contributed by atoms with E-state index in [2.05, 4.69) is 20.7 Å². The van der Waals surface area contributed by atoms with E-state index in [0.717, 1.165) is 0 Å². The second-order valence-corrected chi connectivity index (χ2v) is 2.17. The molecule has 0 radical (unpaired) electrons. The summed E-state index contributed by atoms with van der Waals surface area (Å²) < 4.78 is 2.30. The summed E-state index contributed by atoms with van der Waals surface area (Å²) in [6.07, 6.45) is 0. The third-order valence-electron chi connectivity index (χ3n) is 0.713. The van der Waals surface area contributed by atoms with E-state index < -0.39 is 0 Å². The molecule has 2 N–H and O–H groups in total. The lowest BCUT2D eigenvalue weighted by Gasteiger charge is -1.90. The molecule has 0 aromatic rings. The highest BCUT2D eigenvalue weighted by atomic mass is 127. The van der Waals surface area contributed by atoms with Crippen LogP contribution in [0.2, 0.25) is 0 Å². The van der Waals surface area contributed by atoms with Crippen LogP contribution in [0.25, 0.3) is 0 Å². The van der Waals surface area contributed by atoms with Crippen molar-refractivity contribution in [2.45, 2.75) is 6.92 Å². The summed E-state index contributed by atoms with van der Waals surface area (Å²) in [6.45, 7) is 1.60. The van der Waals surface area contributed by atoms with Gasteiger partial charge in [-0.3, -0.25) is 13.1 Å². The first kappa shape index (κ1) is 10.2. The highest BCUT2D eigenvalue weighted by Crippen LogP contribution is 1.68. The fourth-order valence-electron chi connectivity index (χ4n) is 0.317. The maximum absolute atomic E-state index is 10.5. The van der Waals surface area contributed by atoms with Gasteiger partial charge in [0.25, 0.3) is 0 Å². The van der Waals surface area contributed by atoms with E-state index in [1.165, 1.54) is 6.92 Å². The summed E-state index contributed by atoms with van der Waals surface area (Å²) in [4.78, 5) is 20.7. The van der Waals surface area contributed by atoms with Crippen LogP contribution in [0.3, 0.4) is 0 Å². The average Bonchev–Trinajstić information content (AvgIpc) is 1.97. The molecule has 0 bridgehead atoms. The van der Waals surface area contributed by atoms with Gasteiger partial charge in [-0.25, -0.2) is 0 Å². The Balaban J connectivity index is 3.56. The van der Waals surface area contributed by atoms with Crippen molar-refractivity contribution < 1.29 is 9.59 Å². The van der Waals surface area contributed by atoms with Crippen LogP contribution in [-0.2, 0) is 9.59 Å². The molecule has 0 saturated heterocycles. The normalized spacial score (nSPS) is 7.45. The lowest BCUT2D eigenvalue weighted by atomic mass is 10.5. The number of carbonyl (C=O) groups excluding carboxylic acids is 2. The number of rotatable bonds is 1. The molecule has 0 fully saturated rings. The monoisotopic (exact) mass is 266 g/mol. The van der Waals surface area contributed by atoms with Crippen LogP contribution in [0.5, 0.6) is 0 Å². The molecule has 4 nitrogen and oxygen atoms in total. The number of hydrogen-bond acceptors (Lipinski definition) is 2. The van der Waals surface area contributed by atoms with E-state index in [0.29, 0.717) is 0 Å². The largest absolute Gasteiger partial charge is 0.345 e. The summed E-state index contributed by atoms with van der Waals surface area (Å²) >= 11 is 1.69. The minimum atomic E-state index is -0.365. The molecule has 0 spiro atoms. The van der Waals surface area contributed by atoms with Crippen LogP contribution in [0, 0.1) is 11.8 Å². The summed E-state index contributed by atoms with van der Waals surface area (Å²) in [6, 6.07) is 0. The lowest BCUT2D eigenvalue weighted by molar-refractivity contribution is -0.118. The quantitative estimate of drug-likeness (QED) is 0.385. The van der Waals surface area contributed by atoms with E-state index in [1.807, 2.05) is 0 Å². The summed E-state index contributed by atoms with van der Waals surface area (Å²) in [5.41, 5.74) is 0. The van der Waals surface area contributed by atoms with Gasteiger partial charge in [0.15, 0.2) is 0 Å². The van der Waals surface area contributed by atoms with E-state index in [4.69, 9.17) is 0 Å². The molecule has 0 rings (SSSR count). The zero-order valence-electron chi connectivity index (χ0n) is 5.90. The van der Waals surface area contributed by atoms with Gasteiger partial charge >= 0.3 is 5.91 Å². The molecule has 0 aromatic heterocycles. The van der Waals surface area contributed by atoms with Gasteiger partial charge in [0, 0.05) is 6.92 Å². The second kappa shape index (κ2) is 5.97. The molecule has 0 saturated carbocycles. The van der Waals surface area contributed by atoms with Gasteiger partial charge in [-0.15, -0.1) is 0 Å². The minimum absolute atomic E-state index is 0.158. The van der Waals surface area contributed by atoms with Crippen molar-refractivity contribution in [3.05, 3.63) is 0 Å². The van der Waals surface area contributed by atoms with Crippen molar-refractivity contribution in [3.8, 4) is 11.8 Å². The number of halogens is 1. The minimum Gasteiger partial charge on any atom is -0.345 e. The van der Waals surface area contributed by atoms with E-state index >= 15 is 0 Å². The topological polar surface area (TPSA) is 58.2 Å². The predicted octanol–water partition coefficient (Wildman–Crippen LogP) is -0.408. The Morgan fingerprint density at radius 3 is 2.64 bits per heavy atom. The van der Waals surface area contributed by atoms with Gasteiger partial charge in [-0.05, 0) is 5.92 Å².